The van der Waals surface area contributed by atoms with Crippen molar-refractivity contribution in [2.45, 2.75) is 19.4 Å². The van der Waals surface area contributed by atoms with Crippen LogP contribution in [0.25, 0.3) is 0 Å². The van der Waals surface area contributed by atoms with Crippen LogP contribution in [0.3, 0.4) is 0 Å². The number of anilines is 1. The molecule has 1 fully saturated rings. The molecule has 0 spiro atoms. The van der Waals surface area contributed by atoms with Gasteiger partial charge in [0.05, 0.1) is 13.2 Å². The number of carbonyl (C=O) groups is 1. The lowest BCUT2D eigenvalue weighted by Crippen LogP contribution is -2.54. The predicted molar refractivity (Wildman–Crippen MR) is 77.2 cm³/mol. The molecule has 19 heavy (non-hydrogen) atoms. The fraction of sp³-hybridized carbons (Fsp3) is 0.538. The fourth-order valence-corrected chi connectivity index (χ4v) is 2.35. The average molecular weight is 328 g/mol. The number of nitrogens with zero attached hydrogens (tertiary/aromatic N) is 2. The van der Waals surface area contributed by atoms with Crippen LogP contribution in [-0.4, -0.2) is 43.2 Å². The lowest BCUT2D eigenvalue weighted by molar-refractivity contribution is -0.124. The summed E-state index contributed by atoms with van der Waals surface area (Å²) in [5, 5.41) is 2.92. The standard InChI is InChI=1S/C13H18BrN3O2/c1-2-6-15-13(18)10-9-19-8-7-17(10)12-5-3-4-11(14)16-12/h3-5,10H,2,6-9H2,1H3,(H,15,18). The third kappa shape index (κ3) is 3.67. The smallest absolute Gasteiger partial charge is 0.245 e. The van der Waals surface area contributed by atoms with Gasteiger partial charge in [-0.2, -0.15) is 0 Å². The number of ether oxygens (including phenoxy) is 1. The number of morpholine rings is 1. The van der Waals surface area contributed by atoms with Crippen molar-refractivity contribution in [1.29, 1.82) is 0 Å². The predicted octanol–water partition coefficient (Wildman–Crippen LogP) is 1.58. The summed E-state index contributed by atoms with van der Waals surface area (Å²) in [6, 6.07) is 5.40. The zero-order chi connectivity index (χ0) is 13.7. The molecule has 6 heteroatoms. The van der Waals surface area contributed by atoms with Gasteiger partial charge in [-0.1, -0.05) is 13.0 Å². The molecule has 0 bridgehead atoms. The maximum atomic E-state index is 12.2. The lowest BCUT2D eigenvalue weighted by atomic mass is 10.2. The van der Waals surface area contributed by atoms with Gasteiger partial charge in [-0.15, -0.1) is 0 Å². The summed E-state index contributed by atoms with van der Waals surface area (Å²) in [6.45, 7) is 4.42. The van der Waals surface area contributed by atoms with Crippen molar-refractivity contribution in [1.82, 2.24) is 10.3 Å². The Kier molecular flexibility index (Phi) is 5.15. The third-order valence-corrected chi connectivity index (χ3v) is 3.42. The van der Waals surface area contributed by atoms with Crippen LogP contribution in [0.2, 0.25) is 0 Å². The van der Waals surface area contributed by atoms with Gasteiger partial charge in [0.1, 0.15) is 16.5 Å². The number of hydrogen-bond acceptors (Lipinski definition) is 4. The molecule has 2 heterocycles. The first kappa shape index (κ1) is 14.3. The van der Waals surface area contributed by atoms with Gasteiger partial charge in [-0.05, 0) is 34.5 Å². The Morgan fingerprint density at radius 1 is 1.63 bits per heavy atom. The highest BCUT2D eigenvalue weighted by molar-refractivity contribution is 9.10. The van der Waals surface area contributed by atoms with Crippen LogP contribution in [0.5, 0.6) is 0 Å². The van der Waals surface area contributed by atoms with Gasteiger partial charge in [0.15, 0.2) is 0 Å². The Balaban J connectivity index is 2.13. The molecule has 1 aromatic heterocycles. The summed E-state index contributed by atoms with van der Waals surface area (Å²) in [5.41, 5.74) is 0. The number of carbonyl (C=O) groups excluding carboxylic acids is 1. The van der Waals surface area contributed by atoms with Crippen LogP contribution in [-0.2, 0) is 9.53 Å². The summed E-state index contributed by atoms with van der Waals surface area (Å²) in [4.78, 5) is 18.6. The number of nitrogens with one attached hydrogen (secondary N) is 1. The van der Waals surface area contributed by atoms with Crippen molar-refractivity contribution < 1.29 is 9.53 Å². The summed E-state index contributed by atoms with van der Waals surface area (Å²) < 4.78 is 6.19. The molecule has 2 rings (SSSR count). The monoisotopic (exact) mass is 327 g/mol. The molecule has 1 amide bonds. The van der Waals surface area contributed by atoms with Crippen LogP contribution < -0.4 is 10.2 Å². The van der Waals surface area contributed by atoms with Gasteiger partial charge in [-0.25, -0.2) is 4.98 Å². The third-order valence-electron chi connectivity index (χ3n) is 2.98. The molecular weight excluding hydrogens is 310 g/mol. The molecule has 1 atom stereocenters. The van der Waals surface area contributed by atoms with E-state index in [0.29, 0.717) is 26.3 Å². The first-order valence-electron chi connectivity index (χ1n) is 6.47. The Labute approximate surface area is 121 Å². The van der Waals surface area contributed by atoms with Crippen LogP contribution in [0.1, 0.15) is 13.3 Å². The number of amides is 1. The molecule has 1 aromatic rings. The fourth-order valence-electron chi connectivity index (χ4n) is 2.02. The summed E-state index contributed by atoms with van der Waals surface area (Å²) >= 11 is 3.36. The van der Waals surface area contributed by atoms with Crippen molar-refractivity contribution in [3.8, 4) is 0 Å². The maximum absolute atomic E-state index is 12.2. The maximum Gasteiger partial charge on any atom is 0.245 e. The van der Waals surface area contributed by atoms with Gasteiger partial charge in [-0.3, -0.25) is 4.79 Å². The lowest BCUT2D eigenvalue weighted by Gasteiger charge is -2.35. The number of rotatable bonds is 4. The second kappa shape index (κ2) is 6.86. The van der Waals surface area contributed by atoms with Gasteiger partial charge >= 0.3 is 0 Å². The Morgan fingerprint density at radius 2 is 2.47 bits per heavy atom. The molecule has 1 unspecified atom stereocenters. The van der Waals surface area contributed by atoms with Crippen LogP contribution >= 0.6 is 15.9 Å². The van der Waals surface area contributed by atoms with Crippen molar-refractivity contribution >= 4 is 27.7 Å². The molecule has 1 saturated heterocycles. The van der Waals surface area contributed by atoms with Gasteiger partial charge in [0, 0.05) is 13.1 Å². The van der Waals surface area contributed by atoms with E-state index in [1.165, 1.54) is 0 Å². The first-order valence-corrected chi connectivity index (χ1v) is 7.26. The van der Waals surface area contributed by atoms with E-state index in [9.17, 15) is 4.79 Å². The minimum absolute atomic E-state index is 0.00308. The zero-order valence-electron chi connectivity index (χ0n) is 10.9. The van der Waals surface area contributed by atoms with E-state index in [1.807, 2.05) is 30.0 Å². The molecule has 1 N–H and O–H groups in total. The number of hydrogen-bond donors (Lipinski definition) is 1. The SMILES string of the molecule is CCCNC(=O)C1COCCN1c1cccc(Br)n1. The van der Waals surface area contributed by atoms with Crippen molar-refractivity contribution in [3.63, 3.8) is 0 Å². The van der Waals surface area contributed by atoms with Gasteiger partial charge < -0.3 is 15.0 Å². The Bertz CT molecular complexity index is 442. The van der Waals surface area contributed by atoms with E-state index in [0.717, 1.165) is 16.8 Å². The number of pyridine rings is 1. The second-order valence-corrected chi connectivity index (χ2v) is 5.21. The summed E-state index contributed by atoms with van der Waals surface area (Å²) in [6.07, 6.45) is 0.925. The van der Waals surface area contributed by atoms with Crippen molar-refractivity contribution in [2.75, 3.05) is 31.2 Å². The summed E-state index contributed by atoms with van der Waals surface area (Å²) in [7, 11) is 0. The molecule has 0 saturated carbocycles. The quantitative estimate of drug-likeness (QED) is 0.853. The van der Waals surface area contributed by atoms with E-state index >= 15 is 0 Å². The van der Waals surface area contributed by atoms with E-state index in [-0.39, 0.29) is 11.9 Å². The minimum Gasteiger partial charge on any atom is -0.377 e. The molecule has 0 aromatic carbocycles. The summed E-state index contributed by atoms with van der Waals surface area (Å²) in [5.74, 6) is 0.803. The highest BCUT2D eigenvalue weighted by Crippen LogP contribution is 2.19. The highest BCUT2D eigenvalue weighted by Gasteiger charge is 2.30. The van der Waals surface area contributed by atoms with E-state index in [1.54, 1.807) is 0 Å². The Morgan fingerprint density at radius 3 is 3.21 bits per heavy atom. The molecule has 104 valence electrons. The topological polar surface area (TPSA) is 54.5 Å². The largest absolute Gasteiger partial charge is 0.377 e. The molecule has 1 aliphatic heterocycles. The zero-order valence-corrected chi connectivity index (χ0v) is 12.5. The van der Waals surface area contributed by atoms with E-state index < -0.39 is 0 Å². The van der Waals surface area contributed by atoms with E-state index in [2.05, 4.69) is 26.2 Å². The first-order chi connectivity index (χ1) is 9.22. The molecule has 0 aliphatic carbocycles. The van der Waals surface area contributed by atoms with Gasteiger partial charge in [0.25, 0.3) is 0 Å². The molecular formula is C13H18BrN3O2. The molecule has 1 aliphatic rings. The average Bonchev–Trinajstić information content (AvgIpc) is 2.45. The van der Waals surface area contributed by atoms with E-state index in [4.69, 9.17) is 4.74 Å². The number of halogens is 1. The van der Waals surface area contributed by atoms with Gasteiger partial charge in [0.2, 0.25) is 5.91 Å². The van der Waals surface area contributed by atoms with Crippen LogP contribution in [0.4, 0.5) is 5.82 Å². The van der Waals surface area contributed by atoms with Crippen molar-refractivity contribution in [2.24, 2.45) is 0 Å². The normalized spacial score (nSPS) is 19.3. The Hall–Kier alpha value is -1.14. The van der Waals surface area contributed by atoms with Crippen molar-refractivity contribution in [3.05, 3.63) is 22.8 Å². The number of aromatic nitrogens is 1. The molecule has 0 radical (unpaired) electrons. The molecule has 5 nitrogen and oxygen atoms in total. The van der Waals surface area contributed by atoms with Crippen LogP contribution in [0, 0.1) is 0 Å². The minimum atomic E-state index is -0.304. The second-order valence-electron chi connectivity index (χ2n) is 4.39. The van der Waals surface area contributed by atoms with Crippen LogP contribution in [0.15, 0.2) is 22.8 Å². The highest BCUT2D eigenvalue weighted by atomic mass is 79.9.